The maximum Gasteiger partial charge on any atom is 0.223 e. The summed E-state index contributed by atoms with van der Waals surface area (Å²) < 4.78 is 60.0. The molecule has 0 spiro atoms. The number of halogens is 2. The van der Waals surface area contributed by atoms with Crippen LogP contribution in [-0.4, -0.2) is 34.4 Å². The molecule has 0 aliphatic rings. The van der Waals surface area contributed by atoms with Crippen molar-refractivity contribution in [1.82, 2.24) is 14.6 Å². The Bertz CT molecular complexity index is 1170. The topological polar surface area (TPSA) is 99.6 Å². The number of aromatic nitrogens is 3. The second kappa shape index (κ2) is 6.69. The SMILES string of the molecule is CCOc1cn2ncc(-c3cc(F)c(N)nc3F)c2cc1S(=O)(=O)C(C)(C)C. The van der Waals surface area contributed by atoms with Gasteiger partial charge in [-0.1, -0.05) is 0 Å². The van der Waals surface area contributed by atoms with Crippen molar-refractivity contribution < 1.29 is 21.9 Å². The number of pyridine rings is 2. The molecule has 3 rings (SSSR count). The highest BCUT2D eigenvalue weighted by Crippen LogP contribution is 2.36. The Kier molecular flexibility index (Phi) is 4.78. The molecular formula is C18H20F2N4O3S. The van der Waals surface area contributed by atoms with E-state index >= 15 is 0 Å². The zero-order valence-corrected chi connectivity index (χ0v) is 16.6. The van der Waals surface area contributed by atoms with E-state index in [1.165, 1.54) is 23.0 Å². The van der Waals surface area contributed by atoms with E-state index in [9.17, 15) is 17.2 Å². The minimum Gasteiger partial charge on any atom is -0.491 e. The average Bonchev–Trinajstić information content (AvgIpc) is 2.99. The Morgan fingerprint density at radius 2 is 1.89 bits per heavy atom. The first kappa shape index (κ1) is 20.0. The minimum absolute atomic E-state index is 0.0552. The average molecular weight is 410 g/mol. The van der Waals surface area contributed by atoms with Gasteiger partial charge in [-0.3, -0.25) is 0 Å². The molecule has 0 saturated carbocycles. The maximum atomic E-state index is 14.3. The van der Waals surface area contributed by atoms with Gasteiger partial charge in [-0.2, -0.15) is 14.5 Å². The lowest BCUT2D eigenvalue weighted by atomic mass is 10.1. The van der Waals surface area contributed by atoms with Gasteiger partial charge in [-0.25, -0.2) is 17.3 Å². The van der Waals surface area contributed by atoms with Gasteiger partial charge in [0.1, 0.15) is 4.90 Å². The third kappa shape index (κ3) is 3.17. The van der Waals surface area contributed by atoms with Gasteiger partial charge in [-0.05, 0) is 39.8 Å². The number of sulfone groups is 1. The molecule has 0 aromatic carbocycles. The van der Waals surface area contributed by atoms with Crippen LogP contribution in [0.3, 0.4) is 0 Å². The van der Waals surface area contributed by atoms with Gasteiger partial charge >= 0.3 is 0 Å². The van der Waals surface area contributed by atoms with E-state index in [4.69, 9.17) is 10.5 Å². The highest BCUT2D eigenvalue weighted by atomic mass is 32.2. The standard InChI is InChI=1S/C18H20F2N4O3S/c1-5-27-14-9-24-13(7-15(14)28(25,26)18(2,3)4)11(8-22-24)10-6-12(19)17(21)23-16(10)20/h6-9H,5H2,1-4H3,(H2,21,23). The van der Waals surface area contributed by atoms with E-state index in [0.717, 1.165) is 6.07 Å². The molecular weight excluding hydrogens is 390 g/mol. The maximum absolute atomic E-state index is 14.3. The molecule has 0 aliphatic carbocycles. The first-order valence-electron chi connectivity index (χ1n) is 8.48. The number of anilines is 1. The van der Waals surface area contributed by atoms with E-state index in [0.29, 0.717) is 0 Å². The van der Waals surface area contributed by atoms with Gasteiger partial charge in [0.25, 0.3) is 0 Å². The summed E-state index contributed by atoms with van der Waals surface area (Å²) in [7, 11) is -3.79. The van der Waals surface area contributed by atoms with Gasteiger partial charge in [-0.15, -0.1) is 0 Å². The summed E-state index contributed by atoms with van der Waals surface area (Å²) in [6, 6.07) is 2.25. The summed E-state index contributed by atoms with van der Waals surface area (Å²) >= 11 is 0. The molecule has 0 saturated heterocycles. The third-order valence-electron chi connectivity index (χ3n) is 4.23. The Morgan fingerprint density at radius 1 is 1.21 bits per heavy atom. The second-order valence-corrected chi connectivity index (χ2v) is 9.80. The molecule has 150 valence electrons. The van der Waals surface area contributed by atoms with E-state index in [-0.39, 0.29) is 33.9 Å². The van der Waals surface area contributed by atoms with Crippen LogP contribution in [0.25, 0.3) is 16.6 Å². The van der Waals surface area contributed by atoms with E-state index in [1.54, 1.807) is 27.7 Å². The molecule has 3 heterocycles. The lowest BCUT2D eigenvalue weighted by Gasteiger charge is -2.21. The third-order valence-corrected chi connectivity index (χ3v) is 6.74. The molecule has 0 fully saturated rings. The zero-order chi connectivity index (χ0) is 20.9. The zero-order valence-electron chi connectivity index (χ0n) is 15.8. The highest BCUT2D eigenvalue weighted by Gasteiger charge is 2.34. The van der Waals surface area contributed by atoms with Crippen molar-refractivity contribution >= 4 is 21.2 Å². The molecule has 2 N–H and O–H groups in total. The Morgan fingerprint density at radius 3 is 2.50 bits per heavy atom. The van der Waals surface area contributed by atoms with Crippen molar-refractivity contribution in [2.75, 3.05) is 12.3 Å². The second-order valence-electron chi connectivity index (χ2n) is 7.13. The van der Waals surface area contributed by atoms with Crippen LogP contribution in [0.15, 0.2) is 29.4 Å². The first-order valence-corrected chi connectivity index (χ1v) is 9.96. The number of rotatable bonds is 4. The van der Waals surface area contributed by atoms with E-state index < -0.39 is 32.2 Å². The molecule has 0 unspecified atom stereocenters. The largest absolute Gasteiger partial charge is 0.491 e. The molecule has 0 atom stereocenters. The number of nitrogens with two attached hydrogens (primary N) is 1. The van der Waals surface area contributed by atoms with Crippen molar-refractivity contribution in [2.45, 2.75) is 37.3 Å². The smallest absolute Gasteiger partial charge is 0.223 e. The van der Waals surface area contributed by atoms with Crippen molar-refractivity contribution in [1.29, 1.82) is 0 Å². The van der Waals surface area contributed by atoms with Crippen LogP contribution in [-0.2, 0) is 9.84 Å². The van der Waals surface area contributed by atoms with Crippen molar-refractivity contribution in [3.05, 3.63) is 36.3 Å². The summed E-state index contributed by atoms with van der Waals surface area (Å²) in [5, 5.41) is 4.11. The van der Waals surface area contributed by atoms with E-state index in [1.807, 2.05) is 0 Å². The molecule has 7 nitrogen and oxygen atoms in total. The summed E-state index contributed by atoms with van der Waals surface area (Å²) in [6.07, 6.45) is 2.70. The fourth-order valence-corrected chi connectivity index (χ4v) is 3.97. The molecule has 0 bridgehead atoms. The Balaban J connectivity index is 2.34. The summed E-state index contributed by atoms with van der Waals surface area (Å²) in [5.74, 6) is -2.30. The molecule has 10 heteroatoms. The van der Waals surface area contributed by atoms with Gasteiger partial charge in [0, 0.05) is 11.1 Å². The number of hydrogen-bond acceptors (Lipinski definition) is 6. The van der Waals surface area contributed by atoms with Crippen molar-refractivity contribution in [3.63, 3.8) is 0 Å². The van der Waals surface area contributed by atoms with Crippen LogP contribution in [0.5, 0.6) is 5.75 Å². The van der Waals surface area contributed by atoms with Crippen molar-refractivity contribution in [2.24, 2.45) is 0 Å². The lowest BCUT2D eigenvalue weighted by Crippen LogP contribution is -2.28. The fraction of sp³-hybridized carbons (Fsp3) is 0.333. The van der Waals surface area contributed by atoms with E-state index in [2.05, 4.69) is 10.1 Å². The van der Waals surface area contributed by atoms with Crippen LogP contribution >= 0.6 is 0 Å². The van der Waals surface area contributed by atoms with Crippen molar-refractivity contribution in [3.8, 4) is 16.9 Å². The lowest BCUT2D eigenvalue weighted by molar-refractivity contribution is 0.328. The first-order chi connectivity index (χ1) is 13.0. The summed E-state index contributed by atoms with van der Waals surface area (Å²) in [6.45, 7) is 6.67. The Labute approximate surface area is 161 Å². The van der Waals surface area contributed by atoms with Gasteiger partial charge in [0.05, 0.1) is 29.3 Å². The number of nitrogens with zero attached hydrogens (tertiary/aromatic N) is 3. The number of ether oxygens (including phenoxy) is 1. The summed E-state index contributed by atoms with van der Waals surface area (Å²) in [5.41, 5.74) is 5.56. The van der Waals surface area contributed by atoms with Crippen LogP contribution in [0.1, 0.15) is 27.7 Å². The number of fused-ring (bicyclic) bond motifs is 1. The van der Waals surface area contributed by atoms with Crippen LogP contribution in [0, 0.1) is 11.8 Å². The quantitative estimate of drug-likeness (QED) is 0.663. The van der Waals surface area contributed by atoms with Crippen LogP contribution < -0.4 is 10.5 Å². The van der Waals surface area contributed by atoms with Gasteiger partial charge < -0.3 is 10.5 Å². The molecule has 0 amide bonds. The fourth-order valence-electron chi connectivity index (χ4n) is 2.67. The van der Waals surface area contributed by atoms with Crippen LogP contribution in [0.4, 0.5) is 14.6 Å². The van der Waals surface area contributed by atoms with Crippen LogP contribution in [0.2, 0.25) is 0 Å². The molecule has 3 aromatic heterocycles. The predicted molar refractivity (Wildman–Crippen MR) is 101 cm³/mol. The summed E-state index contributed by atoms with van der Waals surface area (Å²) in [4.78, 5) is 3.29. The molecule has 3 aromatic rings. The monoisotopic (exact) mass is 410 g/mol. The van der Waals surface area contributed by atoms with Gasteiger partial charge in [0.2, 0.25) is 5.95 Å². The minimum atomic E-state index is -3.79. The number of hydrogen-bond donors (Lipinski definition) is 1. The number of nitrogen functional groups attached to an aromatic ring is 1. The molecule has 0 aliphatic heterocycles. The molecule has 0 radical (unpaired) electrons. The predicted octanol–water partition coefficient (Wildman–Crippen LogP) is 3.23. The normalized spacial score (nSPS) is 12.5. The van der Waals surface area contributed by atoms with Gasteiger partial charge in [0.15, 0.2) is 27.2 Å². The molecule has 28 heavy (non-hydrogen) atoms. The Hall–Kier alpha value is -2.75. The highest BCUT2D eigenvalue weighted by molar-refractivity contribution is 7.92.